The molecule has 2 aromatic rings. The van der Waals surface area contributed by atoms with E-state index in [9.17, 15) is 4.79 Å². The van der Waals surface area contributed by atoms with E-state index in [1.54, 1.807) is 6.92 Å². The summed E-state index contributed by atoms with van der Waals surface area (Å²) in [5.74, 6) is -0.317. The van der Waals surface area contributed by atoms with E-state index < -0.39 is 9.04 Å². The maximum absolute atomic E-state index is 11.7. The van der Waals surface area contributed by atoms with Crippen LogP contribution in [0.2, 0.25) is 0 Å². The Morgan fingerprint density at radius 2 is 1.54 bits per heavy atom. The van der Waals surface area contributed by atoms with Crippen molar-refractivity contribution in [1.82, 2.24) is 0 Å². The van der Waals surface area contributed by atoms with Crippen molar-refractivity contribution in [2.24, 2.45) is 0 Å². The minimum atomic E-state index is -1.48. The lowest BCUT2D eigenvalue weighted by Crippen LogP contribution is -2.46. The maximum atomic E-state index is 11.7. The SMILES string of the molecule is CCOC(=O)CO[Si](c1ccccc1)c1ccc(C(C)(C)C)cc1. The van der Waals surface area contributed by atoms with Crippen LogP contribution in [0.3, 0.4) is 0 Å². The number of esters is 1. The Morgan fingerprint density at radius 3 is 2.08 bits per heavy atom. The summed E-state index contributed by atoms with van der Waals surface area (Å²) in [5, 5.41) is 2.25. The Morgan fingerprint density at radius 1 is 0.958 bits per heavy atom. The Kier molecular flexibility index (Phi) is 6.34. The molecule has 2 rings (SSSR count). The Hall–Kier alpha value is -1.91. The topological polar surface area (TPSA) is 35.5 Å². The number of ether oxygens (including phenoxy) is 1. The summed E-state index contributed by atoms with van der Waals surface area (Å²) >= 11 is 0. The highest BCUT2D eigenvalue weighted by atomic mass is 28.3. The highest BCUT2D eigenvalue weighted by Gasteiger charge is 2.22. The van der Waals surface area contributed by atoms with Gasteiger partial charge in [-0.3, -0.25) is 0 Å². The summed E-state index contributed by atoms with van der Waals surface area (Å²) in [4.78, 5) is 11.7. The molecule has 0 atom stereocenters. The van der Waals surface area contributed by atoms with Crippen LogP contribution in [0, 0.1) is 0 Å². The summed E-state index contributed by atoms with van der Waals surface area (Å²) in [6.07, 6.45) is 0. The van der Waals surface area contributed by atoms with Crippen LogP contribution in [0.1, 0.15) is 33.3 Å². The molecule has 0 heterocycles. The van der Waals surface area contributed by atoms with E-state index in [1.807, 2.05) is 18.2 Å². The predicted octanol–water partition coefficient (Wildman–Crippen LogP) is 2.67. The van der Waals surface area contributed by atoms with Crippen molar-refractivity contribution >= 4 is 25.4 Å². The molecule has 0 aliphatic rings. The molecule has 0 spiro atoms. The molecule has 0 unspecified atom stereocenters. The van der Waals surface area contributed by atoms with Crippen molar-refractivity contribution < 1.29 is 14.0 Å². The summed E-state index contributed by atoms with van der Waals surface area (Å²) in [6, 6.07) is 18.6. The molecule has 0 aliphatic carbocycles. The Bertz CT molecular complexity index is 645. The standard InChI is InChI=1S/C20H25O3Si/c1-5-22-19(21)15-23-24(17-9-7-6-8-10-17)18-13-11-16(12-14-18)20(2,3)4/h6-14H,5,15H2,1-4H3. The van der Waals surface area contributed by atoms with Crippen LogP contribution in [0.25, 0.3) is 0 Å². The van der Waals surface area contributed by atoms with Crippen LogP contribution < -0.4 is 10.4 Å². The van der Waals surface area contributed by atoms with Gasteiger partial charge in [0.05, 0.1) is 6.61 Å². The molecule has 1 radical (unpaired) electrons. The second-order valence-corrected chi connectivity index (χ2v) is 8.72. The fourth-order valence-electron chi connectivity index (χ4n) is 2.38. The summed E-state index contributed by atoms with van der Waals surface area (Å²) in [7, 11) is -1.48. The number of carbonyl (C=O) groups excluding carboxylic acids is 1. The first-order valence-corrected chi connectivity index (χ1v) is 9.64. The van der Waals surface area contributed by atoms with Gasteiger partial charge in [-0.15, -0.1) is 0 Å². The lowest BCUT2D eigenvalue weighted by Gasteiger charge is -2.21. The molecule has 0 saturated heterocycles. The van der Waals surface area contributed by atoms with Crippen molar-refractivity contribution in [3.8, 4) is 0 Å². The van der Waals surface area contributed by atoms with Gasteiger partial charge in [0, 0.05) is 0 Å². The van der Waals surface area contributed by atoms with E-state index in [2.05, 4.69) is 57.2 Å². The zero-order chi connectivity index (χ0) is 17.6. The Labute approximate surface area is 146 Å². The van der Waals surface area contributed by atoms with Gasteiger partial charge in [0.1, 0.15) is 6.61 Å². The third-order valence-electron chi connectivity index (χ3n) is 3.69. The smallest absolute Gasteiger partial charge is 0.330 e. The van der Waals surface area contributed by atoms with Crippen LogP contribution in [-0.2, 0) is 19.4 Å². The zero-order valence-electron chi connectivity index (χ0n) is 14.8. The molecule has 0 amide bonds. The highest BCUT2D eigenvalue weighted by molar-refractivity contribution is 6.80. The summed E-state index contributed by atoms with van der Waals surface area (Å²) in [5.41, 5.74) is 1.40. The lowest BCUT2D eigenvalue weighted by atomic mass is 9.87. The third kappa shape index (κ3) is 5.04. The van der Waals surface area contributed by atoms with Crippen LogP contribution in [0.4, 0.5) is 0 Å². The molecule has 3 nitrogen and oxygen atoms in total. The number of hydrogen-bond donors (Lipinski definition) is 0. The molecule has 0 fully saturated rings. The number of rotatable bonds is 6. The monoisotopic (exact) mass is 341 g/mol. The van der Waals surface area contributed by atoms with Gasteiger partial charge in [0.25, 0.3) is 9.04 Å². The predicted molar refractivity (Wildman–Crippen MR) is 99.2 cm³/mol. The van der Waals surface area contributed by atoms with Crippen LogP contribution >= 0.6 is 0 Å². The van der Waals surface area contributed by atoms with Gasteiger partial charge in [0.15, 0.2) is 0 Å². The van der Waals surface area contributed by atoms with Crippen molar-refractivity contribution in [3.05, 3.63) is 60.2 Å². The molecule has 24 heavy (non-hydrogen) atoms. The second kappa shape index (κ2) is 8.26. The number of hydrogen-bond acceptors (Lipinski definition) is 3. The molecular weight excluding hydrogens is 316 g/mol. The molecule has 0 aromatic heterocycles. The second-order valence-electron chi connectivity index (χ2n) is 6.62. The number of benzene rings is 2. The van der Waals surface area contributed by atoms with E-state index in [4.69, 9.17) is 9.16 Å². The molecular formula is C20H25O3Si. The van der Waals surface area contributed by atoms with Crippen molar-refractivity contribution in [1.29, 1.82) is 0 Å². The largest absolute Gasteiger partial charge is 0.464 e. The van der Waals surface area contributed by atoms with Crippen molar-refractivity contribution in [2.75, 3.05) is 13.2 Å². The number of carbonyl (C=O) groups is 1. The zero-order valence-corrected chi connectivity index (χ0v) is 15.8. The van der Waals surface area contributed by atoms with E-state index in [0.29, 0.717) is 6.61 Å². The molecule has 2 aromatic carbocycles. The Balaban J connectivity index is 2.24. The van der Waals surface area contributed by atoms with E-state index in [1.165, 1.54) is 5.56 Å². The summed E-state index contributed by atoms with van der Waals surface area (Å²) < 4.78 is 11.0. The van der Waals surface area contributed by atoms with E-state index in [-0.39, 0.29) is 18.0 Å². The van der Waals surface area contributed by atoms with Crippen LogP contribution in [0.5, 0.6) is 0 Å². The van der Waals surface area contributed by atoms with Crippen molar-refractivity contribution in [2.45, 2.75) is 33.1 Å². The molecule has 4 heteroatoms. The van der Waals surface area contributed by atoms with Gasteiger partial charge in [0.2, 0.25) is 0 Å². The minimum Gasteiger partial charge on any atom is -0.464 e. The quantitative estimate of drug-likeness (QED) is 0.599. The summed E-state index contributed by atoms with van der Waals surface area (Å²) in [6.45, 7) is 8.74. The van der Waals surface area contributed by atoms with E-state index >= 15 is 0 Å². The lowest BCUT2D eigenvalue weighted by molar-refractivity contribution is -0.145. The molecule has 0 aliphatic heterocycles. The molecule has 0 saturated carbocycles. The van der Waals surface area contributed by atoms with Gasteiger partial charge in [-0.25, -0.2) is 4.79 Å². The van der Waals surface area contributed by atoms with Crippen LogP contribution in [-0.4, -0.2) is 28.2 Å². The molecule has 0 bridgehead atoms. The fourth-order valence-corrected chi connectivity index (χ4v) is 4.27. The molecule has 127 valence electrons. The first-order chi connectivity index (χ1) is 11.4. The fraction of sp³-hybridized carbons (Fsp3) is 0.350. The third-order valence-corrected chi connectivity index (χ3v) is 5.84. The van der Waals surface area contributed by atoms with Gasteiger partial charge in [-0.05, 0) is 28.3 Å². The minimum absolute atomic E-state index is 0.0158. The van der Waals surface area contributed by atoms with E-state index in [0.717, 1.165) is 10.4 Å². The van der Waals surface area contributed by atoms with Gasteiger partial charge < -0.3 is 9.16 Å². The van der Waals surface area contributed by atoms with Gasteiger partial charge in [-0.2, -0.15) is 0 Å². The highest BCUT2D eigenvalue weighted by Crippen LogP contribution is 2.20. The first kappa shape index (κ1) is 18.4. The van der Waals surface area contributed by atoms with Gasteiger partial charge in [-0.1, -0.05) is 75.4 Å². The van der Waals surface area contributed by atoms with Crippen LogP contribution in [0.15, 0.2) is 54.6 Å². The molecule has 0 N–H and O–H groups in total. The maximum Gasteiger partial charge on any atom is 0.330 e. The average Bonchev–Trinajstić information content (AvgIpc) is 2.56. The first-order valence-electron chi connectivity index (χ1n) is 8.23. The van der Waals surface area contributed by atoms with Gasteiger partial charge >= 0.3 is 5.97 Å². The average molecular weight is 342 g/mol. The van der Waals surface area contributed by atoms with Crippen molar-refractivity contribution in [3.63, 3.8) is 0 Å². The normalized spacial score (nSPS) is 11.5.